The third-order valence-electron chi connectivity index (χ3n) is 6.50. The van der Waals surface area contributed by atoms with E-state index in [0.717, 1.165) is 30.3 Å². The summed E-state index contributed by atoms with van der Waals surface area (Å²) in [5, 5.41) is 0. The summed E-state index contributed by atoms with van der Waals surface area (Å²) in [5.74, 6) is 3.05. The van der Waals surface area contributed by atoms with Crippen LogP contribution in [0.15, 0.2) is 0 Å². The molecule has 1 aliphatic heterocycles. The standard InChI is InChI=1S/C15H26N2/c16-10-15(7-5-12-9-13(12)15)17-8-6-11-3-1-2-4-14(11)17/h11-14H,1-10,16H2. The summed E-state index contributed by atoms with van der Waals surface area (Å²) in [6.45, 7) is 2.28. The van der Waals surface area contributed by atoms with Gasteiger partial charge in [0.1, 0.15) is 0 Å². The van der Waals surface area contributed by atoms with Crippen LogP contribution in [0.1, 0.15) is 51.4 Å². The van der Waals surface area contributed by atoms with E-state index in [1.165, 1.54) is 57.9 Å². The molecular formula is C15H26N2. The minimum absolute atomic E-state index is 0.446. The van der Waals surface area contributed by atoms with Crippen molar-refractivity contribution in [2.45, 2.75) is 62.9 Å². The lowest BCUT2D eigenvalue weighted by molar-refractivity contribution is 0.0426. The Morgan fingerprint density at radius 3 is 2.65 bits per heavy atom. The molecule has 3 saturated carbocycles. The average molecular weight is 234 g/mol. The molecule has 2 N–H and O–H groups in total. The van der Waals surface area contributed by atoms with E-state index in [0.29, 0.717) is 5.54 Å². The Balaban J connectivity index is 1.61. The van der Waals surface area contributed by atoms with Crippen molar-refractivity contribution in [3.8, 4) is 0 Å². The molecule has 0 amide bonds. The molecule has 4 fully saturated rings. The summed E-state index contributed by atoms with van der Waals surface area (Å²) < 4.78 is 0. The molecule has 0 aromatic carbocycles. The lowest BCUT2D eigenvalue weighted by Crippen LogP contribution is -2.57. The van der Waals surface area contributed by atoms with Crippen LogP contribution in [0, 0.1) is 17.8 Å². The predicted octanol–water partition coefficient (Wildman–Crippen LogP) is 2.38. The van der Waals surface area contributed by atoms with Crippen LogP contribution < -0.4 is 5.73 Å². The molecule has 1 heterocycles. The Labute approximate surface area is 105 Å². The fraction of sp³-hybridized carbons (Fsp3) is 1.00. The van der Waals surface area contributed by atoms with Crippen LogP contribution in [0.2, 0.25) is 0 Å². The van der Waals surface area contributed by atoms with Crippen LogP contribution in [0.25, 0.3) is 0 Å². The normalized spacial score (nSPS) is 53.5. The van der Waals surface area contributed by atoms with E-state index in [2.05, 4.69) is 4.90 Å². The van der Waals surface area contributed by atoms with Gasteiger partial charge in [-0.05, 0) is 62.8 Å². The zero-order valence-electron chi connectivity index (χ0n) is 10.9. The van der Waals surface area contributed by atoms with Crippen LogP contribution in [0.4, 0.5) is 0 Å². The summed E-state index contributed by atoms with van der Waals surface area (Å²) in [4.78, 5) is 2.91. The lowest BCUT2D eigenvalue weighted by atomic mass is 9.82. The van der Waals surface area contributed by atoms with Crippen LogP contribution in [0.3, 0.4) is 0 Å². The van der Waals surface area contributed by atoms with Gasteiger partial charge in [0.15, 0.2) is 0 Å². The van der Waals surface area contributed by atoms with Crippen LogP contribution >= 0.6 is 0 Å². The Morgan fingerprint density at radius 1 is 1.06 bits per heavy atom. The molecule has 4 aliphatic rings. The highest BCUT2D eigenvalue weighted by Crippen LogP contribution is 2.61. The van der Waals surface area contributed by atoms with Crippen molar-refractivity contribution in [3.63, 3.8) is 0 Å². The molecular weight excluding hydrogens is 208 g/mol. The molecule has 17 heavy (non-hydrogen) atoms. The first-order chi connectivity index (χ1) is 8.35. The maximum atomic E-state index is 6.25. The fourth-order valence-corrected chi connectivity index (χ4v) is 5.53. The second-order valence-corrected chi connectivity index (χ2v) is 7.04. The highest BCUT2D eigenvalue weighted by atomic mass is 15.3. The second-order valence-electron chi connectivity index (χ2n) is 7.04. The summed E-state index contributed by atoms with van der Waals surface area (Å²) in [6, 6.07) is 0.909. The molecule has 0 spiro atoms. The Bertz CT molecular complexity index is 316. The number of rotatable bonds is 2. The van der Waals surface area contributed by atoms with Gasteiger partial charge in [-0.3, -0.25) is 4.90 Å². The van der Waals surface area contributed by atoms with E-state index < -0.39 is 0 Å². The van der Waals surface area contributed by atoms with Crippen molar-refractivity contribution in [2.24, 2.45) is 23.5 Å². The molecule has 2 heteroatoms. The molecule has 1 saturated heterocycles. The van der Waals surface area contributed by atoms with Crippen molar-refractivity contribution < 1.29 is 0 Å². The molecule has 0 bridgehead atoms. The van der Waals surface area contributed by atoms with E-state index in [9.17, 15) is 0 Å². The predicted molar refractivity (Wildman–Crippen MR) is 69.7 cm³/mol. The molecule has 0 aromatic heterocycles. The van der Waals surface area contributed by atoms with Gasteiger partial charge in [0.05, 0.1) is 0 Å². The zero-order valence-corrected chi connectivity index (χ0v) is 10.9. The van der Waals surface area contributed by atoms with Gasteiger partial charge >= 0.3 is 0 Å². The number of nitrogens with zero attached hydrogens (tertiary/aromatic N) is 1. The van der Waals surface area contributed by atoms with E-state index in [1.807, 2.05) is 0 Å². The van der Waals surface area contributed by atoms with Gasteiger partial charge < -0.3 is 5.73 Å². The van der Waals surface area contributed by atoms with Gasteiger partial charge in [0, 0.05) is 18.1 Å². The van der Waals surface area contributed by atoms with Gasteiger partial charge in [0.2, 0.25) is 0 Å². The highest BCUT2D eigenvalue weighted by Gasteiger charge is 2.61. The maximum absolute atomic E-state index is 6.25. The van der Waals surface area contributed by atoms with E-state index >= 15 is 0 Å². The van der Waals surface area contributed by atoms with Gasteiger partial charge in [-0.1, -0.05) is 12.8 Å². The van der Waals surface area contributed by atoms with Crippen molar-refractivity contribution in [1.29, 1.82) is 0 Å². The Morgan fingerprint density at radius 2 is 1.94 bits per heavy atom. The number of likely N-dealkylation sites (tertiary alicyclic amines) is 1. The third-order valence-corrected chi connectivity index (χ3v) is 6.50. The number of nitrogens with two attached hydrogens (primary N) is 1. The Kier molecular flexibility index (Phi) is 2.36. The third kappa shape index (κ3) is 1.40. The van der Waals surface area contributed by atoms with Crippen molar-refractivity contribution >= 4 is 0 Å². The topological polar surface area (TPSA) is 29.3 Å². The van der Waals surface area contributed by atoms with Gasteiger partial charge in [0.25, 0.3) is 0 Å². The molecule has 0 aromatic rings. The maximum Gasteiger partial charge on any atom is 0.0365 e. The first kappa shape index (κ1) is 10.8. The number of fused-ring (bicyclic) bond motifs is 2. The van der Waals surface area contributed by atoms with Crippen LogP contribution in [-0.4, -0.2) is 29.6 Å². The van der Waals surface area contributed by atoms with Crippen LogP contribution in [-0.2, 0) is 0 Å². The number of hydrogen-bond acceptors (Lipinski definition) is 2. The summed E-state index contributed by atoms with van der Waals surface area (Å²) in [6.07, 6.45) is 11.7. The average Bonchev–Trinajstić information content (AvgIpc) is 2.89. The first-order valence-corrected chi connectivity index (χ1v) is 7.82. The van der Waals surface area contributed by atoms with E-state index in [4.69, 9.17) is 5.73 Å². The molecule has 96 valence electrons. The van der Waals surface area contributed by atoms with Crippen molar-refractivity contribution in [2.75, 3.05) is 13.1 Å². The van der Waals surface area contributed by atoms with E-state index in [-0.39, 0.29) is 0 Å². The second kappa shape index (κ2) is 3.71. The SMILES string of the molecule is NCC1(N2CCC3CCCCC32)CCC2CC21. The fourth-order valence-electron chi connectivity index (χ4n) is 5.53. The zero-order chi connectivity index (χ0) is 11.5. The smallest absolute Gasteiger partial charge is 0.0365 e. The minimum atomic E-state index is 0.446. The summed E-state index contributed by atoms with van der Waals surface area (Å²) in [7, 11) is 0. The van der Waals surface area contributed by atoms with Crippen LogP contribution in [0.5, 0.6) is 0 Å². The van der Waals surface area contributed by atoms with Gasteiger partial charge in [-0.15, -0.1) is 0 Å². The molecule has 0 radical (unpaired) electrons. The molecule has 5 atom stereocenters. The molecule has 3 aliphatic carbocycles. The lowest BCUT2D eigenvalue weighted by Gasteiger charge is -2.45. The van der Waals surface area contributed by atoms with Gasteiger partial charge in [-0.2, -0.15) is 0 Å². The monoisotopic (exact) mass is 234 g/mol. The largest absolute Gasteiger partial charge is 0.329 e. The van der Waals surface area contributed by atoms with Crippen molar-refractivity contribution in [3.05, 3.63) is 0 Å². The number of hydrogen-bond donors (Lipinski definition) is 1. The molecule has 4 rings (SSSR count). The van der Waals surface area contributed by atoms with E-state index in [1.54, 1.807) is 0 Å². The molecule has 5 unspecified atom stereocenters. The Hall–Kier alpha value is -0.0800. The summed E-state index contributed by atoms with van der Waals surface area (Å²) in [5.41, 5.74) is 6.69. The first-order valence-electron chi connectivity index (χ1n) is 7.82. The van der Waals surface area contributed by atoms with Crippen molar-refractivity contribution in [1.82, 2.24) is 4.90 Å². The molecule has 2 nitrogen and oxygen atoms in total. The quantitative estimate of drug-likeness (QED) is 0.795. The summed E-state index contributed by atoms with van der Waals surface area (Å²) >= 11 is 0. The minimum Gasteiger partial charge on any atom is -0.329 e. The van der Waals surface area contributed by atoms with Gasteiger partial charge in [-0.25, -0.2) is 0 Å². The highest BCUT2D eigenvalue weighted by molar-refractivity contribution is 5.16.